The van der Waals surface area contributed by atoms with E-state index in [-0.39, 0.29) is 10.5 Å². The molecule has 0 radical (unpaired) electrons. The summed E-state index contributed by atoms with van der Waals surface area (Å²) >= 11 is 6.10. The van der Waals surface area contributed by atoms with Crippen molar-refractivity contribution < 1.29 is 13.2 Å². The van der Waals surface area contributed by atoms with Gasteiger partial charge in [-0.2, -0.15) is 8.42 Å². The van der Waals surface area contributed by atoms with Crippen molar-refractivity contribution in [3.8, 4) is 0 Å². The fourth-order valence-electron chi connectivity index (χ4n) is 3.49. The van der Waals surface area contributed by atoms with Crippen LogP contribution in [0.2, 0.25) is 5.02 Å². The third-order valence-electron chi connectivity index (χ3n) is 5.04. The fourth-order valence-corrected chi connectivity index (χ4v) is 4.96. The molecule has 2 aromatic carbocycles. The van der Waals surface area contributed by atoms with Crippen LogP contribution in [0.5, 0.6) is 0 Å². The van der Waals surface area contributed by atoms with Crippen molar-refractivity contribution in [1.82, 2.24) is 0 Å². The molecule has 2 aromatic rings. The number of carbonyl (C=O) groups excluding carboxylic acids is 1. The summed E-state index contributed by atoms with van der Waals surface area (Å²) in [6, 6.07) is 9.98. The van der Waals surface area contributed by atoms with E-state index in [2.05, 4.69) is 9.71 Å². The minimum atomic E-state index is -3.82. The molecule has 0 aliphatic carbocycles. The first-order valence-corrected chi connectivity index (χ1v) is 11.0. The topological polar surface area (TPSA) is 78.8 Å². The van der Waals surface area contributed by atoms with E-state index in [1.807, 2.05) is 17.9 Å². The predicted octanol–water partition coefficient (Wildman–Crippen LogP) is 4.38. The third kappa shape index (κ3) is 3.52. The number of sulfonamides is 1. The highest BCUT2D eigenvalue weighted by Gasteiger charge is 2.32. The van der Waals surface area contributed by atoms with Gasteiger partial charge in [-0.25, -0.2) is 0 Å². The van der Waals surface area contributed by atoms with Gasteiger partial charge in [0.2, 0.25) is 0 Å². The van der Waals surface area contributed by atoms with Crippen molar-refractivity contribution in [3.63, 3.8) is 0 Å². The van der Waals surface area contributed by atoms with Crippen LogP contribution in [0, 0.1) is 6.92 Å². The molecule has 28 heavy (non-hydrogen) atoms. The lowest BCUT2D eigenvalue weighted by atomic mass is 10.1. The molecular weight excluding hydrogens is 398 g/mol. The van der Waals surface area contributed by atoms with Crippen LogP contribution in [0.3, 0.4) is 0 Å². The number of hydrogen-bond acceptors (Lipinski definition) is 4. The largest absolute Gasteiger partial charge is 0.328 e. The van der Waals surface area contributed by atoms with Crippen LogP contribution < -0.4 is 10.2 Å². The van der Waals surface area contributed by atoms with Gasteiger partial charge in [-0.15, -0.1) is 4.40 Å². The number of halogens is 1. The summed E-state index contributed by atoms with van der Waals surface area (Å²) in [5.41, 5.74) is 2.31. The van der Waals surface area contributed by atoms with Gasteiger partial charge < -0.3 is 10.2 Å². The van der Waals surface area contributed by atoms with Crippen molar-refractivity contribution >= 4 is 44.7 Å². The number of anilines is 2. The van der Waals surface area contributed by atoms with Gasteiger partial charge in [0.1, 0.15) is 10.7 Å². The zero-order valence-electron chi connectivity index (χ0n) is 15.4. The molecule has 2 aliphatic rings. The number of amides is 1. The molecule has 1 saturated heterocycles. The highest BCUT2D eigenvalue weighted by molar-refractivity contribution is 7.90. The number of rotatable bonds is 2. The Labute approximate surface area is 169 Å². The van der Waals surface area contributed by atoms with E-state index in [9.17, 15) is 13.2 Å². The minimum Gasteiger partial charge on any atom is -0.328 e. The van der Waals surface area contributed by atoms with Gasteiger partial charge in [0, 0.05) is 29.2 Å². The molecule has 0 spiro atoms. The van der Waals surface area contributed by atoms with Gasteiger partial charge in [0.25, 0.3) is 15.9 Å². The lowest BCUT2D eigenvalue weighted by molar-refractivity contribution is 0.102. The molecule has 1 N–H and O–H groups in total. The van der Waals surface area contributed by atoms with Crippen LogP contribution in [0.25, 0.3) is 0 Å². The Kier molecular flexibility index (Phi) is 4.89. The van der Waals surface area contributed by atoms with E-state index in [1.54, 1.807) is 24.3 Å². The van der Waals surface area contributed by atoms with E-state index in [0.29, 0.717) is 28.7 Å². The molecule has 146 valence electrons. The van der Waals surface area contributed by atoms with E-state index < -0.39 is 15.9 Å². The molecule has 0 bridgehead atoms. The van der Waals surface area contributed by atoms with Crippen LogP contribution in [-0.4, -0.2) is 26.7 Å². The molecule has 1 amide bonds. The predicted molar refractivity (Wildman–Crippen MR) is 111 cm³/mol. The summed E-state index contributed by atoms with van der Waals surface area (Å²) in [5.74, 6) is 0.195. The quantitative estimate of drug-likeness (QED) is 0.786. The first-order valence-electron chi connectivity index (χ1n) is 9.18. The van der Waals surface area contributed by atoms with Gasteiger partial charge in [0.15, 0.2) is 0 Å². The maximum Gasteiger partial charge on any atom is 0.286 e. The second-order valence-electron chi connectivity index (χ2n) is 7.05. The Hall–Kier alpha value is -2.38. The summed E-state index contributed by atoms with van der Waals surface area (Å²) in [6.45, 7) is 2.61. The Bertz CT molecular complexity index is 1100. The molecule has 0 aromatic heterocycles. The molecule has 2 aliphatic heterocycles. The molecule has 4 rings (SSSR count). The van der Waals surface area contributed by atoms with E-state index in [0.717, 1.165) is 31.4 Å². The summed E-state index contributed by atoms with van der Waals surface area (Å²) < 4.78 is 29.4. The normalized spacial score (nSPS) is 17.8. The van der Waals surface area contributed by atoms with Gasteiger partial charge >= 0.3 is 0 Å². The highest BCUT2D eigenvalue weighted by atomic mass is 35.5. The number of aryl methyl sites for hydroxylation is 1. The molecule has 0 saturated carbocycles. The van der Waals surface area contributed by atoms with Gasteiger partial charge in [-0.05, 0) is 55.7 Å². The van der Waals surface area contributed by atoms with Crippen molar-refractivity contribution in [2.75, 3.05) is 16.8 Å². The van der Waals surface area contributed by atoms with Crippen molar-refractivity contribution in [1.29, 1.82) is 0 Å². The third-order valence-corrected chi connectivity index (χ3v) is 6.78. The lowest BCUT2D eigenvalue weighted by Gasteiger charge is -2.29. The SMILES string of the molecule is Cc1ccc(NC(=O)c2ccc3c(c2)S(=O)(=O)N=C2CCCCCN23)cc1Cl. The maximum atomic E-state index is 12.7. The van der Waals surface area contributed by atoms with Gasteiger partial charge in [-0.1, -0.05) is 24.1 Å². The Morgan fingerprint density at radius 1 is 1.14 bits per heavy atom. The first kappa shape index (κ1) is 19.0. The molecule has 1 fully saturated rings. The van der Waals surface area contributed by atoms with Gasteiger partial charge in [-0.3, -0.25) is 4.79 Å². The molecule has 0 atom stereocenters. The van der Waals surface area contributed by atoms with Crippen LogP contribution in [0.15, 0.2) is 45.7 Å². The van der Waals surface area contributed by atoms with Gasteiger partial charge in [0.05, 0.1) is 5.69 Å². The fraction of sp³-hybridized carbons (Fsp3) is 0.300. The average molecular weight is 418 g/mol. The second kappa shape index (κ2) is 7.22. The summed E-state index contributed by atoms with van der Waals surface area (Å²) in [5, 5.41) is 3.31. The van der Waals surface area contributed by atoms with E-state index in [1.165, 1.54) is 6.07 Å². The number of carbonyl (C=O) groups is 1. The smallest absolute Gasteiger partial charge is 0.286 e. The standard InChI is InChI=1S/C20H20ClN3O3S/c1-13-6-8-15(12-16(13)21)22-20(25)14-7-9-17-18(11-14)28(26,27)23-19-5-3-2-4-10-24(17)19/h6-9,11-12H,2-5,10H2,1H3,(H,22,25). The number of hydrogen-bond donors (Lipinski definition) is 1. The molecule has 0 unspecified atom stereocenters. The average Bonchev–Trinajstić information content (AvgIpc) is 2.89. The Balaban J connectivity index is 1.67. The van der Waals surface area contributed by atoms with Crippen LogP contribution in [-0.2, 0) is 10.0 Å². The van der Waals surface area contributed by atoms with E-state index in [4.69, 9.17) is 11.6 Å². The van der Waals surface area contributed by atoms with Crippen LogP contribution in [0.1, 0.15) is 41.6 Å². The zero-order valence-corrected chi connectivity index (χ0v) is 17.0. The number of amidine groups is 1. The number of benzene rings is 2. The van der Waals surface area contributed by atoms with Crippen LogP contribution >= 0.6 is 11.6 Å². The van der Waals surface area contributed by atoms with Crippen LogP contribution in [0.4, 0.5) is 11.4 Å². The zero-order chi connectivity index (χ0) is 19.9. The van der Waals surface area contributed by atoms with Crippen molar-refractivity contribution in [3.05, 3.63) is 52.5 Å². The number of nitrogens with one attached hydrogen (secondary N) is 1. The summed E-state index contributed by atoms with van der Waals surface area (Å²) in [7, 11) is -3.82. The number of fused-ring (bicyclic) bond motifs is 3. The van der Waals surface area contributed by atoms with Crippen molar-refractivity contribution in [2.24, 2.45) is 4.40 Å². The molecule has 6 nitrogen and oxygen atoms in total. The highest BCUT2D eigenvalue weighted by Crippen LogP contribution is 2.35. The molecule has 8 heteroatoms. The van der Waals surface area contributed by atoms with Crippen molar-refractivity contribution in [2.45, 2.75) is 37.5 Å². The lowest BCUT2D eigenvalue weighted by Crippen LogP contribution is -2.35. The Morgan fingerprint density at radius 3 is 2.75 bits per heavy atom. The summed E-state index contributed by atoms with van der Waals surface area (Å²) in [4.78, 5) is 14.7. The Morgan fingerprint density at radius 2 is 1.96 bits per heavy atom. The van der Waals surface area contributed by atoms with E-state index >= 15 is 0 Å². The monoisotopic (exact) mass is 417 g/mol. The molecular formula is C20H20ClN3O3S. The first-order chi connectivity index (χ1) is 13.3. The molecule has 2 heterocycles. The maximum absolute atomic E-state index is 12.7. The summed E-state index contributed by atoms with van der Waals surface area (Å²) in [6.07, 6.45) is 3.61. The second-order valence-corrected chi connectivity index (χ2v) is 9.03. The minimum absolute atomic E-state index is 0.0766. The number of nitrogens with zero attached hydrogens (tertiary/aromatic N) is 2.